The van der Waals surface area contributed by atoms with Gasteiger partial charge < -0.3 is 24.9 Å². The highest BCUT2D eigenvalue weighted by atomic mass is 16.5. The number of methoxy groups -OCH3 is 1. The van der Waals surface area contributed by atoms with Crippen LogP contribution in [0.1, 0.15) is 53.8 Å². The fourth-order valence-electron chi connectivity index (χ4n) is 6.59. The Balaban J connectivity index is 1.24. The average Bonchev–Trinajstić information content (AvgIpc) is 3.74. The fraction of sp³-hybridized carbons (Fsp3) is 0.389. The van der Waals surface area contributed by atoms with Crippen molar-refractivity contribution >= 4 is 33.9 Å². The van der Waals surface area contributed by atoms with Gasteiger partial charge in [-0.15, -0.1) is 0 Å². The molecule has 2 aromatic carbocycles. The van der Waals surface area contributed by atoms with Crippen molar-refractivity contribution in [2.45, 2.75) is 51.2 Å². The van der Waals surface area contributed by atoms with Gasteiger partial charge in [0.15, 0.2) is 5.82 Å². The lowest BCUT2D eigenvalue weighted by Gasteiger charge is -2.38. The summed E-state index contributed by atoms with van der Waals surface area (Å²) in [4.78, 5) is 36.7. The molecule has 244 valence electrons. The molecule has 5 aromatic rings. The first kappa shape index (κ1) is 30.9. The van der Waals surface area contributed by atoms with E-state index in [1.807, 2.05) is 73.1 Å². The second kappa shape index (κ2) is 12.5. The maximum Gasteiger partial charge on any atom is 0.268 e. The van der Waals surface area contributed by atoms with Gasteiger partial charge in [-0.3, -0.25) is 14.6 Å². The van der Waals surface area contributed by atoms with Crippen molar-refractivity contribution in [3.8, 4) is 17.3 Å². The van der Waals surface area contributed by atoms with Crippen LogP contribution in [0.25, 0.3) is 33.6 Å². The summed E-state index contributed by atoms with van der Waals surface area (Å²) in [6, 6.07) is 19.3. The number of carbonyl (C=O) groups is 2. The van der Waals surface area contributed by atoms with Gasteiger partial charge in [-0.1, -0.05) is 30.3 Å². The molecule has 1 aliphatic heterocycles. The number of amides is 2. The highest BCUT2D eigenvalue weighted by molar-refractivity contribution is 6.00. The van der Waals surface area contributed by atoms with Crippen LogP contribution in [0.2, 0.25) is 0 Å². The predicted molar refractivity (Wildman–Crippen MR) is 182 cm³/mol. The first-order valence-corrected chi connectivity index (χ1v) is 16.4. The van der Waals surface area contributed by atoms with Crippen LogP contribution in [0, 0.1) is 5.92 Å². The molecule has 4 heterocycles. The van der Waals surface area contributed by atoms with Gasteiger partial charge >= 0.3 is 0 Å². The monoisotopic (exact) mass is 634 g/mol. The van der Waals surface area contributed by atoms with E-state index in [0.717, 1.165) is 58.8 Å². The number of nitrogens with zero attached hydrogens (tertiary/aromatic N) is 6. The molecule has 47 heavy (non-hydrogen) atoms. The lowest BCUT2D eigenvalue weighted by Crippen LogP contribution is -2.55. The van der Waals surface area contributed by atoms with Crippen molar-refractivity contribution in [2.75, 3.05) is 27.2 Å². The minimum atomic E-state index is -0.257. The number of hydrogen-bond acceptors (Lipinski definition) is 7. The van der Waals surface area contributed by atoms with Crippen molar-refractivity contribution in [3.05, 3.63) is 77.5 Å². The molecular weight excluding hydrogens is 592 g/mol. The van der Waals surface area contributed by atoms with Gasteiger partial charge in [0.05, 0.1) is 43.0 Å². The number of nitrogens with one attached hydrogen (secondary N) is 1. The normalized spacial score (nSPS) is 17.7. The number of pyridine rings is 1. The molecule has 2 amide bonds. The minimum absolute atomic E-state index is 0.0408. The van der Waals surface area contributed by atoms with Crippen LogP contribution in [-0.4, -0.2) is 74.2 Å². The summed E-state index contributed by atoms with van der Waals surface area (Å²) in [5, 5.41) is 7.77. The number of rotatable bonds is 9. The lowest BCUT2D eigenvalue weighted by atomic mass is 10.1. The zero-order valence-electron chi connectivity index (χ0n) is 27.4. The molecule has 3 N–H and O–H groups in total. The second-order valence-corrected chi connectivity index (χ2v) is 13.0. The highest BCUT2D eigenvalue weighted by Gasteiger charge is 2.30. The molecule has 1 saturated heterocycles. The zero-order chi connectivity index (χ0) is 32.8. The van der Waals surface area contributed by atoms with E-state index in [1.54, 1.807) is 18.2 Å². The highest BCUT2D eigenvalue weighted by Crippen LogP contribution is 2.38. The topological polar surface area (TPSA) is 124 Å². The van der Waals surface area contributed by atoms with E-state index in [1.165, 1.54) is 12.8 Å². The molecule has 0 spiro atoms. The standard InChI is InChI=1S/C36H42N8O3/c1-22(38-32(45)16-23-8-6-5-7-9-23)28-13-12-25-18-30(43(34(25)39-28)20-24-10-11-24)35-40-29-17-26(19-31(47-4)33(29)42(35)3)36(46)44-21-27(37)14-15-41(44)2/h5-9,12-13,17-19,22,24,27H,10-11,14-16,20-21,37H2,1-4H3,(H,38,45)/t22-,27-/m1/s1. The SMILES string of the molecule is COc1cc(C(=O)N2C[C@H](N)CCN2C)cc2nc(-c3cc4ccc([C@@H](C)NC(=O)Cc5ccccc5)nc4n3CC3CC3)n(C)c12. The van der Waals surface area contributed by atoms with E-state index in [0.29, 0.717) is 35.7 Å². The summed E-state index contributed by atoms with van der Waals surface area (Å²) < 4.78 is 10.1. The molecule has 0 radical (unpaired) electrons. The summed E-state index contributed by atoms with van der Waals surface area (Å²) in [7, 11) is 5.51. The summed E-state index contributed by atoms with van der Waals surface area (Å²) >= 11 is 0. The maximum absolute atomic E-state index is 13.7. The summed E-state index contributed by atoms with van der Waals surface area (Å²) in [5.41, 5.74) is 11.8. The van der Waals surface area contributed by atoms with Gasteiger partial charge in [-0.05, 0) is 68.0 Å². The summed E-state index contributed by atoms with van der Waals surface area (Å²) in [5.74, 6) is 1.77. The number of aryl methyl sites for hydroxylation is 1. The predicted octanol–water partition coefficient (Wildman–Crippen LogP) is 4.45. The number of benzene rings is 2. The van der Waals surface area contributed by atoms with Crippen LogP contribution in [0.4, 0.5) is 0 Å². The van der Waals surface area contributed by atoms with E-state index in [4.69, 9.17) is 20.4 Å². The number of nitrogens with two attached hydrogens (primary N) is 1. The minimum Gasteiger partial charge on any atom is -0.494 e. The van der Waals surface area contributed by atoms with Crippen LogP contribution in [0.5, 0.6) is 5.75 Å². The van der Waals surface area contributed by atoms with Gasteiger partial charge in [0.25, 0.3) is 5.91 Å². The van der Waals surface area contributed by atoms with Crippen molar-refractivity contribution in [2.24, 2.45) is 18.7 Å². The molecule has 7 rings (SSSR count). The Morgan fingerprint density at radius 2 is 1.83 bits per heavy atom. The first-order chi connectivity index (χ1) is 22.7. The third-order valence-corrected chi connectivity index (χ3v) is 9.44. The maximum atomic E-state index is 13.7. The number of ether oxygens (including phenoxy) is 1. The van der Waals surface area contributed by atoms with Crippen LogP contribution in [-0.2, 0) is 24.8 Å². The molecule has 1 aliphatic carbocycles. The van der Waals surface area contributed by atoms with Gasteiger partial charge in [-0.2, -0.15) is 0 Å². The van der Waals surface area contributed by atoms with E-state index < -0.39 is 0 Å². The summed E-state index contributed by atoms with van der Waals surface area (Å²) in [6.07, 6.45) is 3.53. The molecule has 0 bridgehead atoms. The van der Waals surface area contributed by atoms with E-state index in [2.05, 4.69) is 22.0 Å². The smallest absolute Gasteiger partial charge is 0.268 e. The van der Waals surface area contributed by atoms with Crippen molar-refractivity contribution in [1.29, 1.82) is 0 Å². The van der Waals surface area contributed by atoms with Crippen LogP contribution < -0.4 is 15.8 Å². The van der Waals surface area contributed by atoms with E-state index in [9.17, 15) is 9.59 Å². The Bertz CT molecular complexity index is 1960. The third kappa shape index (κ3) is 6.08. The molecule has 2 aliphatic rings. The molecule has 0 unspecified atom stereocenters. The number of fused-ring (bicyclic) bond motifs is 2. The Morgan fingerprint density at radius 3 is 2.57 bits per heavy atom. The van der Waals surface area contributed by atoms with Crippen LogP contribution in [0.15, 0.2) is 60.7 Å². The van der Waals surface area contributed by atoms with Crippen LogP contribution in [0.3, 0.4) is 0 Å². The Morgan fingerprint density at radius 1 is 1.04 bits per heavy atom. The molecule has 2 fully saturated rings. The zero-order valence-corrected chi connectivity index (χ0v) is 27.4. The van der Waals surface area contributed by atoms with Crippen LogP contribution >= 0.6 is 0 Å². The third-order valence-electron chi connectivity index (χ3n) is 9.44. The number of hydrogen-bond donors (Lipinski definition) is 2. The van der Waals surface area contributed by atoms with Crippen molar-refractivity contribution in [3.63, 3.8) is 0 Å². The largest absolute Gasteiger partial charge is 0.494 e. The van der Waals surface area contributed by atoms with E-state index >= 15 is 0 Å². The van der Waals surface area contributed by atoms with Gasteiger partial charge in [0, 0.05) is 44.2 Å². The molecule has 11 heteroatoms. The summed E-state index contributed by atoms with van der Waals surface area (Å²) in [6.45, 7) is 3.99. The molecule has 11 nitrogen and oxygen atoms in total. The Hall–Kier alpha value is -4.74. The first-order valence-electron chi connectivity index (χ1n) is 16.4. The molecule has 3 aromatic heterocycles. The Kier molecular flexibility index (Phi) is 8.19. The number of hydrazine groups is 1. The van der Waals surface area contributed by atoms with E-state index in [-0.39, 0.29) is 23.9 Å². The molecule has 2 atom stereocenters. The molecular formula is C36H42N8O3. The number of aromatic nitrogens is 4. The molecule has 1 saturated carbocycles. The van der Waals surface area contributed by atoms with Crippen molar-refractivity contribution in [1.82, 2.24) is 34.4 Å². The van der Waals surface area contributed by atoms with Crippen molar-refractivity contribution < 1.29 is 14.3 Å². The quantitative estimate of drug-likeness (QED) is 0.246. The van der Waals surface area contributed by atoms with Gasteiger partial charge in [0.2, 0.25) is 5.91 Å². The lowest BCUT2D eigenvalue weighted by molar-refractivity contribution is -0.121. The second-order valence-electron chi connectivity index (χ2n) is 13.0. The van der Waals surface area contributed by atoms with Gasteiger partial charge in [-0.25, -0.2) is 15.0 Å². The number of imidazole rings is 1. The fourth-order valence-corrected chi connectivity index (χ4v) is 6.59. The average molecular weight is 635 g/mol. The van der Waals surface area contributed by atoms with Gasteiger partial charge in [0.1, 0.15) is 16.9 Å². The Labute approximate surface area is 274 Å². The number of carbonyl (C=O) groups excluding carboxylic acids is 2.